The Hall–Kier alpha value is -1.04. The van der Waals surface area contributed by atoms with Crippen molar-refractivity contribution in [3.05, 3.63) is 17.5 Å². The van der Waals surface area contributed by atoms with Gasteiger partial charge in [0.25, 0.3) is 0 Å². The van der Waals surface area contributed by atoms with Gasteiger partial charge in [0.2, 0.25) is 0 Å². The molecule has 0 saturated carbocycles. The summed E-state index contributed by atoms with van der Waals surface area (Å²) in [5, 5.41) is 6.49. The van der Waals surface area contributed by atoms with Gasteiger partial charge >= 0.3 is 6.18 Å². The van der Waals surface area contributed by atoms with E-state index in [1.807, 2.05) is 6.92 Å². The summed E-state index contributed by atoms with van der Waals surface area (Å²) in [6, 6.07) is 1.11. The van der Waals surface area contributed by atoms with Crippen LogP contribution in [-0.4, -0.2) is 17.4 Å². The number of nitrogens with one attached hydrogen (secondary N) is 1. The Morgan fingerprint density at radius 1 is 1.50 bits per heavy atom. The van der Waals surface area contributed by atoms with Gasteiger partial charge in [0, 0.05) is 12.1 Å². The van der Waals surface area contributed by atoms with Crippen LogP contribution in [-0.2, 0) is 13.0 Å². The first kappa shape index (κ1) is 13.0. The van der Waals surface area contributed by atoms with Crippen molar-refractivity contribution in [3.8, 4) is 0 Å². The fourth-order valence-electron chi connectivity index (χ4n) is 1.30. The molecule has 1 heterocycles. The van der Waals surface area contributed by atoms with Gasteiger partial charge < -0.3 is 9.84 Å². The molecule has 3 nitrogen and oxygen atoms in total. The van der Waals surface area contributed by atoms with E-state index in [4.69, 9.17) is 4.52 Å². The van der Waals surface area contributed by atoms with Gasteiger partial charge in [-0.15, -0.1) is 0 Å². The summed E-state index contributed by atoms with van der Waals surface area (Å²) in [4.78, 5) is 0. The minimum atomic E-state index is -4.14. The monoisotopic (exact) mass is 236 g/mol. The fraction of sp³-hybridized carbons (Fsp3) is 0.700. The minimum Gasteiger partial charge on any atom is -0.360 e. The summed E-state index contributed by atoms with van der Waals surface area (Å²) in [5.41, 5.74) is 0.806. The average Bonchev–Trinajstić information content (AvgIpc) is 2.59. The van der Waals surface area contributed by atoms with Gasteiger partial charge in [-0.3, -0.25) is 0 Å². The van der Waals surface area contributed by atoms with Crippen molar-refractivity contribution < 1.29 is 17.7 Å². The van der Waals surface area contributed by atoms with Crippen LogP contribution in [0.4, 0.5) is 13.2 Å². The summed E-state index contributed by atoms with van der Waals surface area (Å²) in [7, 11) is 0. The molecule has 16 heavy (non-hydrogen) atoms. The van der Waals surface area contributed by atoms with Crippen molar-refractivity contribution in [2.24, 2.45) is 0 Å². The summed E-state index contributed by atoms with van der Waals surface area (Å²) in [6.45, 7) is 3.69. The lowest BCUT2D eigenvalue weighted by Gasteiger charge is -2.14. The number of aryl methyl sites for hydroxylation is 1. The highest BCUT2D eigenvalue weighted by molar-refractivity contribution is 5.04. The second-order valence-electron chi connectivity index (χ2n) is 3.74. The highest BCUT2D eigenvalue weighted by Crippen LogP contribution is 2.21. The highest BCUT2D eigenvalue weighted by Gasteiger charge is 2.29. The third kappa shape index (κ3) is 4.65. The van der Waals surface area contributed by atoms with E-state index in [9.17, 15) is 13.2 Å². The first-order valence-electron chi connectivity index (χ1n) is 5.15. The van der Waals surface area contributed by atoms with Crippen LogP contribution in [0.1, 0.15) is 31.7 Å². The first-order valence-corrected chi connectivity index (χ1v) is 5.15. The molecular weight excluding hydrogens is 221 g/mol. The van der Waals surface area contributed by atoms with Crippen molar-refractivity contribution in [3.63, 3.8) is 0 Å². The standard InChI is InChI=1S/C10H15F3N2O/c1-3-8-4-9(16-15-8)6-14-7(2)5-10(11,12)13/h4,7,14H,3,5-6H2,1-2H3. The molecule has 0 amide bonds. The van der Waals surface area contributed by atoms with Gasteiger partial charge in [-0.2, -0.15) is 13.2 Å². The third-order valence-corrected chi connectivity index (χ3v) is 2.13. The van der Waals surface area contributed by atoms with Gasteiger partial charge in [-0.1, -0.05) is 12.1 Å². The molecule has 0 aromatic carbocycles. The van der Waals surface area contributed by atoms with E-state index in [1.54, 1.807) is 6.07 Å². The van der Waals surface area contributed by atoms with Gasteiger partial charge in [-0.25, -0.2) is 0 Å². The van der Waals surface area contributed by atoms with Crippen molar-refractivity contribution in [2.45, 2.75) is 45.5 Å². The number of hydrogen-bond donors (Lipinski definition) is 1. The van der Waals surface area contributed by atoms with Crippen LogP contribution in [0, 0.1) is 0 Å². The summed E-state index contributed by atoms with van der Waals surface area (Å²) < 4.78 is 41.0. The predicted molar refractivity (Wildman–Crippen MR) is 52.9 cm³/mol. The second-order valence-corrected chi connectivity index (χ2v) is 3.74. The van der Waals surface area contributed by atoms with Crippen molar-refractivity contribution >= 4 is 0 Å². The van der Waals surface area contributed by atoms with Crippen molar-refractivity contribution in [2.75, 3.05) is 0 Å². The number of alkyl halides is 3. The summed E-state index contributed by atoms with van der Waals surface area (Å²) in [5.74, 6) is 0.561. The normalized spacial score (nSPS) is 14.1. The molecule has 1 aromatic heterocycles. The second kappa shape index (κ2) is 5.34. The maximum absolute atomic E-state index is 12.0. The SMILES string of the molecule is CCc1cc(CNC(C)CC(F)(F)F)on1. The van der Waals surface area contributed by atoms with Crippen molar-refractivity contribution in [1.29, 1.82) is 0 Å². The van der Waals surface area contributed by atoms with Gasteiger partial charge in [-0.05, 0) is 13.3 Å². The Kier molecular flexibility index (Phi) is 4.35. The van der Waals surface area contributed by atoms with E-state index in [1.165, 1.54) is 6.92 Å². The predicted octanol–water partition coefficient (Wildman–Crippen LogP) is 2.67. The Labute approximate surface area is 92.0 Å². The topological polar surface area (TPSA) is 38.1 Å². The molecule has 0 bridgehead atoms. The van der Waals surface area contributed by atoms with Crippen LogP contribution in [0.15, 0.2) is 10.6 Å². The number of nitrogens with zero attached hydrogens (tertiary/aromatic N) is 1. The van der Waals surface area contributed by atoms with Gasteiger partial charge in [0.15, 0.2) is 5.76 Å². The Morgan fingerprint density at radius 2 is 2.19 bits per heavy atom. The molecular formula is C10H15F3N2O. The Balaban J connectivity index is 2.34. The fourth-order valence-corrected chi connectivity index (χ4v) is 1.30. The maximum Gasteiger partial charge on any atom is 0.390 e. The zero-order valence-electron chi connectivity index (χ0n) is 9.27. The largest absolute Gasteiger partial charge is 0.390 e. The first-order chi connectivity index (χ1) is 7.40. The lowest BCUT2D eigenvalue weighted by atomic mass is 10.2. The number of halogens is 3. The number of aromatic nitrogens is 1. The summed E-state index contributed by atoms with van der Waals surface area (Å²) >= 11 is 0. The molecule has 1 aromatic rings. The van der Waals surface area contributed by atoms with Crippen LogP contribution in [0.5, 0.6) is 0 Å². The molecule has 0 aliphatic rings. The average molecular weight is 236 g/mol. The third-order valence-electron chi connectivity index (χ3n) is 2.13. The van der Waals surface area contributed by atoms with Crippen LogP contribution in [0.25, 0.3) is 0 Å². The molecule has 0 aliphatic heterocycles. The Bertz CT molecular complexity index is 322. The van der Waals surface area contributed by atoms with E-state index in [2.05, 4.69) is 10.5 Å². The lowest BCUT2D eigenvalue weighted by Crippen LogP contribution is -2.30. The molecule has 1 atom stereocenters. The quantitative estimate of drug-likeness (QED) is 0.854. The van der Waals surface area contributed by atoms with E-state index >= 15 is 0 Å². The molecule has 1 unspecified atom stereocenters. The van der Waals surface area contributed by atoms with Crippen LogP contribution < -0.4 is 5.32 Å². The summed E-state index contributed by atoms with van der Waals surface area (Å²) in [6.07, 6.45) is -4.23. The Morgan fingerprint density at radius 3 is 2.69 bits per heavy atom. The molecule has 1 N–H and O–H groups in total. The zero-order valence-corrected chi connectivity index (χ0v) is 9.27. The van der Waals surface area contributed by atoms with Crippen LogP contribution >= 0.6 is 0 Å². The smallest absolute Gasteiger partial charge is 0.360 e. The lowest BCUT2D eigenvalue weighted by molar-refractivity contribution is -0.139. The molecule has 1 rings (SSSR count). The minimum absolute atomic E-state index is 0.268. The number of hydrogen-bond acceptors (Lipinski definition) is 3. The molecule has 0 spiro atoms. The molecule has 6 heteroatoms. The van der Waals surface area contributed by atoms with Crippen LogP contribution in [0.3, 0.4) is 0 Å². The molecule has 0 aliphatic carbocycles. The van der Waals surface area contributed by atoms with Crippen molar-refractivity contribution in [1.82, 2.24) is 10.5 Å². The van der Waals surface area contributed by atoms with E-state index in [0.29, 0.717) is 5.76 Å². The zero-order chi connectivity index (χ0) is 12.2. The van der Waals surface area contributed by atoms with E-state index < -0.39 is 18.6 Å². The highest BCUT2D eigenvalue weighted by atomic mass is 19.4. The molecule has 0 saturated heterocycles. The number of rotatable bonds is 5. The van der Waals surface area contributed by atoms with Gasteiger partial charge in [0.1, 0.15) is 0 Å². The molecule has 0 radical (unpaired) electrons. The molecule has 0 fully saturated rings. The van der Waals surface area contributed by atoms with E-state index in [-0.39, 0.29) is 6.54 Å². The van der Waals surface area contributed by atoms with Crippen LogP contribution in [0.2, 0.25) is 0 Å². The van der Waals surface area contributed by atoms with Gasteiger partial charge in [0.05, 0.1) is 18.7 Å². The maximum atomic E-state index is 12.0. The van der Waals surface area contributed by atoms with E-state index in [0.717, 1.165) is 12.1 Å². The molecule has 92 valence electrons.